The molecule has 0 heterocycles. The Morgan fingerprint density at radius 2 is 1.12 bits per heavy atom. The minimum absolute atomic E-state index is 0.201. The van der Waals surface area contributed by atoms with Crippen LogP contribution >= 0.6 is 0 Å². The molecule has 2 rings (SSSR count). The quantitative estimate of drug-likeness (QED) is 0.349. The third-order valence-electron chi connectivity index (χ3n) is 4.28. The van der Waals surface area contributed by atoms with E-state index in [2.05, 4.69) is 23.7 Å². The predicted molar refractivity (Wildman–Crippen MR) is 109 cm³/mol. The van der Waals surface area contributed by atoms with E-state index in [0.717, 1.165) is 0 Å². The fourth-order valence-electron chi connectivity index (χ4n) is 2.82. The van der Waals surface area contributed by atoms with Crippen LogP contribution in [0.1, 0.15) is 11.1 Å². The summed E-state index contributed by atoms with van der Waals surface area (Å²) in [6.07, 6.45) is 0. The van der Waals surface area contributed by atoms with Crippen molar-refractivity contribution in [1.82, 2.24) is 0 Å². The molecule has 0 amide bonds. The van der Waals surface area contributed by atoms with Crippen molar-refractivity contribution in [3.8, 4) is 23.7 Å². The van der Waals surface area contributed by atoms with E-state index in [4.69, 9.17) is 11.5 Å². The molecule has 16 heteroatoms. The van der Waals surface area contributed by atoms with Crippen LogP contribution in [0.2, 0.25) is 0 Å². The second kappa shape index (κ2) is 9.61. The van der Waals surface area contributed by atoms with Crippen LogP contribution in [0.4, 0.5) is 31.5 Å². The second-order valence-corrected chi connectivity index (χ2v) is 6.23. The first-order valence-electron chi connectivity index (χ1n) is 8.59. The molecule has 0 aliphatic heterocycles. The Bertz CT molecular complexity index is 1290. The van der Waals surface area contributed by atoms with Gasteiger partial charge >= 0.3 is 11.4 Å². The van der Waals surface area contributed by atoms with Crippen molar-refractivity contribution in [3.05, 3.63) is 87.5 Å². The minimum Gasteiger partial charge on any atom is -0.320 e. The van der Waals surface area contributed by atoms with Gasteiger partial charge in [0.05, 0.1) is 49.5 Å². The summed E-state index contributed by atoms with van der Waals surface area (Å²) < 4.78 is 28.9. The van der Waals surface area contributed by atoms with Crippen molar-refractivity contribution >= 4 is 22.7 Å². The van der Waals surface area contributed by atoms with Crippen LogP contribution in [0.15, 0.2) is 24.3 Å². The minimum atomic E-state index is -2.79. The van der Waals surface area contributed by atoms with E-state index in [9.17, 15) is 49.2 Å². The number of hydrogen-bond acceptors (Lipinski definition) is 10. The molecule has 174 valence electrons. The molecule has 2 aromatic rings. The number of nitro groups is 4. The lowest BCUT2D eigenvalue weighted by Crippen LogP contribution is -2.38. The Kier molecular flexibility index (Phi) is 7.12. The zero-order chi connectivity index (χ0) is 25.8. The Morgan fingerprint density at radius 3 is 1.44 bits per heavy atom. The van der Waals surface area contributed by atoms with Crippen LogP contribution in [-0.4, -0.2) is 26.2 Å². The third kappa shape index (κ3) is 4.72. The standard InChI is InChI=1S/C18H10F2N6O8/c19-12-6-10(14(23(27)28)8-16(12)25(31)32)18(22,4-2-1-3-5-21)11-7-13(20)17(26(33)34)9-15(11)24(29)30/h6-9H,5,21-22H2. The zero-order valence-corrected chi connectivity index (χ0v) is 16.5. The number of rotatable bonds is 6. The fourth-order valence-corrected chi connectivity index (χ4v) is 2.82. The first-order chi connectivity index (χ1) is 15.8. The predicted octanol–water partition coefficient (Wildman–Crippen LogP) is 1.77. The summed E-state index contributed by atoms with van der Waals surface area (Å²) in [5.74, 6) is 5.40. The van der Waals surface area contributed by atoms with Crippen LogP contribution in [0.3, 0.4) is 0 Å². The number of nitrogens with zero attached hydrogens (tertiary/aromatic N) is 4. The molecule has 0 spiro atoms. The van der Waals surface area contributed by atoms with E-state index in [0.29, 0.717) is 0 Å². The molecule has 0 unspecified atom stereocenters. The Morgan fingerprint density at radius 1 is 0.735 bits per heavy atom. The highest BCUT2D eigenvalue weighted by Crippen LogP contribution is 2.42. The number of benzene rings is 2. The number of nitrogens with two attached hydrogens (primary N) is 2. The highest BCUT2D eigenvalue weighted by atomic mass is 19.1. The smallest absolute Gasteiger partial charge is 0.311 e. The van der Waals surface area contributed by atoms with Gasteiger partial charge in [0.25, 0.3) is 11.4 Å². The largest absolute Gasteiger partial charge is 0.320 e. The highest BCUT2D eigenvalue weighted by molar-refractivity contribution is 5.65. The van der Waals surface area contributed by atoms with Crippen molar-refractivity contribution in [2.45, 2.75) is 5.54 Å². The van der Waals surface area contributed by atoms with Gasteiger partial charge in [-0.25, -0.2) is 0 Å². The summed E-state index contributed by atoms with van der Waals surface area (Å²) >= 11 is 0. The van der Waals surface area contributed by atoms with Gasteiger partial charge in [-0.2, -0.15) is 8.78 Å². The Hall–Kier alpha value is -5.06. The van der Waals surface area contributed by atoms with Gasteiger partial charge in [0.15, 0.2) is 0 Å². The van der Waals surface area contributed by atoms with Crippen LogP contribution in [0, 0.1) is 75.8 Å². The van der Waals surface area contributed by atoms with Gasteiger partial charge in [0, 0.05) is 0 Å². The molecule has 4 N–H and O–H groups in total. The summed E-state index contributed by atoms with van der Waals surface area (Å²) in [6.45, 7) is -0.204. The summed E-state index contributed by atoms with van der Waals surface area (Å²) in [7, 11) is 0. The number of hydrogen-bond donors (Lipinski definition) is 2. The van der Waals surface area contributed by atoms with Crippen molar-refractivity contribution in [1.29, 1.82) is 0 Å². The molecule has 0 saturated carbocycles. The topological polar surface area (TPSA) is 225 Å². The van der Waals surface area contributed by atoms with Crippen molar-refractivity contribution in [2.24, 2.45) is 11.5 Å². The van der Waals surface area contributed by atoms with E-state index in [1.54, 1.807) is 0 Å². The number of nitro benzene ring substituents is 4. The molecule has 14 nitrogen and oxygen atoms in total. The molecule has 34 heavy (non-hydrogen) atoms. The summed E-state index contributed by atoms with van der Waals surface area (Å²) in [5, 5.41) is 45.2. The van der Waals surface area contributed by atoms with Gasteiger partial charge in [-0.1, -0.05) is 11.8 Å². The van der Waals surface area contributed by atoms with Crippen molar-refractivity contribution < 1.29 is 28.5 Å². The lowest BCUT2D eigenvalue weighted by molar-refractivity contribution is -0.396. The van der Waals surface area contributed by atoms with Crippen LogP contribution in [0.5, 0.6) is 0 Å². The summed E-state index contributed by atoms with van der Waals surface area (Å²) in [6, 6.07) is 0.884. The van der Waals surface area contributed by atoms with Crippen LogP contribution < -0.4 is 11.5 Å². The second-order valence-electron chi connectivity index (χ2n) is 6.23. The van der Waals surface area contributed by atoms with Crippen LogP contribution in [-0.2, 0) is 5.54 Å². The molecule has 0 saturated heterocycles. The molecule has 2 aromatic carbocycles. The van der Waals surface area contributed by atoms with Crippen LogP contribution in [0.25, 0.3) is 0 Å². The molecule has 0 aliphatic carbocycles. The van der Waals surface area contributed by atoms with E-state index in [1.807, 2.05) is 0 Å². The Labute approximate surface area is 186 Å². The van der Waals surface area contributed by atoms with Gasteiger partial charge in [-0.3, -0.25) is 40.5 Å². The van der Waals surface area contributed by atoms with E-state index in [1.165, 1.54) is 0 Å². The average Bonchev–Trinajstić information content (AvgIpc) is 2.75. The van der Waals surface area contributed by atoms with Gasteiger partial charge < -0.3 is 11.5 Å². The molecule has 0 aliphatic rings. The molecule has 0 bridgehead atoms. The fraction of sp³-hybridized carbons (Fsp3) is 0.111. The lowest BCUT2D eigenvalue weighted by Gasteiger charge is -2.24. The normalized spacial score (nSPS) is 10.4. The molecular weight excluding hydrogens is 466 g/mol. The monoisotopic (exact) mass is 476 g/mol. The maximum absolute atomic E-state index is 14.4. The first kappa shape index (κ1) is 25.2. The van der Waals surface area contributed by atoms with E-state index < -0.39 is 70.7 Å². The maximum atomic E-state index is 14.4. The average molecular weight is 476 g/mol. The Balaban J connectivity index is 3.09. The zero-order valence-electron chi connectivity index (χ0n) is 16.5. The first-order valence-corrected chi connectivity index (χ1v) is 8.59. The van der Waals surface area contributed by atoms with E-state index in [-0.39, 0.29) is 30.8 Å². The van der Waals surface area contributed by atoms with Gasteiger partial charge in [0.2, 0.25) is 11.6 Å². The molecule has 0 atom stereocenters. The SMILES string of the molecule is NCC#CC#CC(N)(c1cc(F)c([N+](=O)[O-])cc1[N+](=O)[O-])c1cc(F)c([N+](=O)[O-])cc1[N+](=O)[O-]. The summed E-state index contributed by atoms with van der Waals surface area (Å²) in [4.78, 5) is 40.3. The molecular formula is C18H10F2N6O8. The van der Waals surface area contributed by atoms with Gasteiger partial charge in [-0.05, 0) is 24.0 Å². The third-order valence-corrected chi connectivity index (χ3v) is 4.28. The van der Waals surface area contributed by atoms with Gasteiger partial charge in [-0.15, -0.1) is 0 Å². The lowest BCUT2D eigenvalue weighted by atomic mass is 9.81. The van der Waals surface area contributed by atoms with E-state index >= 15 is 0 Å². The molecule has 0 fully saturated rings. The number of halogens is 2. The summed E-state index contributed by atoms with van der Waals surface area (Å²) in [5.41, 5.74) is 1.61. The van der Waals surface area contributed by atoms with Crippen molar-refractivity contribution in [3.63, 3.8) is 0 Å². The van der Waals surface area contributed by atoms with Crippen molar-refractivity contribution in [2.75, 3.05) is 6.54 Å². The van der Waals surface area contributed by atoms with Gasteiger partial charge in [0.1, 0.15) is 5.54 Å². The maximum Gasteiger partial charge on any atom is 0.311 e. The molecule has 0 radical (unpaired) electrons. The highest BCUT2D eigenvalue weighted by Gasteiger charge is 2.43. The molecule has 0 aromatic heterocycles.